The zero-order valence-electron chi connectivity index (χ0n) is 13.2. The monoisotopic (exact) mass is 330 g/mol. The Morgan fingerprint density at radius 2 is 1.96 bits per heavy atom. The first-order valence-corrected chi connectivity index (χ1v) is 7.17. The normalized spacial score (nSPS) is 11.9. The van der Waals surface area contributed by atoms with E-state index in [-0.39, 0.29) is 18.2 Å². The average molecular weight is 330 g/mol. The molecule has 8 heteroatoms. The molecule has 1 aromatic rings. The molecule has 0 aromatic heterocycles. The Morgan fingerprint density at radius 1 is 1.30 bits per heavy atom. The van der Waals surface area contributed by atoms with Crippen molar-refractivity contribution in [3.8, 4) is 5.75 Å². The zero-order chi connectivity index (χ0) is 17.6. The quantitative estimate of drug-likeness (QED) is 0.553. The van der Waals surface area contributed by atoms with Gasteiger partial charge in [0.15, 0.2) is 11.6 Å². The molecule has 0 saturated heterocycles. The number of amides is 2. The lowest BCUT2D eigenvalue weighted by atomic mass is 10.0. The van der Waals surface area contributed by atoms with Gasteiger partial charge in [-0.3, -0.25) is 0 Å². The van der Waals surface area contributed by atoms with Crippen LogP contribution in [-0.4, -0.2) is 29.8 Å². The van der Waals surface area contributed by atoms with Gasteiger partial charge in [0.2, 0.25) is 5.82 Å². The van der Waals surface area contributed by atoms with Crippen LogP contribution in [0.2, 0.25) is 0 Å². The van der Waals surface area contributed by atoms with Gasteiger partial charge in [-0.05, 0) is 31.4 Å². The second-order valence-electron chi connectivity index (χ2n) is 5.29. The zero-order valence-corrected chi connectivity index (χ0v) is 13.2. The Labute approximate surface area is 132 Å². The van der Waals surface area contributed by atoms with Gasteiger partial charge in [-0.25, -0.2) is 14.0 Å². The predicted molar refractivity (Wildman–Crippen MR) is 80.1 cm³/mol. The number of anilines is 1. The molecule has 0 aliphatic carbocycles. The molecule has 0 bridgehead atoms. The van der Waals surface area contributed by atoms with Gasteiger partial charge in [0.1, 0.15) is 6.04 Å². The van der Waals surface area contributed by atoms with Gasteiger partial charge in [0.25, 0.3) is 0 Å². The molecule has 0 fully saturated rings. The molecule has 1 atom stereocenters. The second-order valence-corrected chi connectivity index (χ2v) is 5.29. The minimum Gasteiger partial charge on any atom is -0.503 e. The summed E-state index contributed by atoms with van der Waals surface area (Å²) >= 11 is 0. The Balaban J connectivity index is 2.79. The fourth-order valence-corrected chi connectivity index (χ4v) is 1.89. The molecule has 23 heavy (non-hydrogen) atoms. The van der Waals surface area contributed by atoms with E-state index in [0.717, 1.165) is 12.1 Å². The fraction of sp³-hybridized carbons (Fsp3) is 0.467. The minimum atomic E-state index is -1.47. The van der Waals surface area contributed by atoms with E-state index in [1.165, 1.54) is 0 Å². The van der Waals surface area contributed by atoms with Gasteiger partial charge >= 0.3 is 12.0 Å². The molecule has 3 N–H and O–H groups in total. The molecular formula is C15H20F2N2O4. The Morgan fingerprint density at radius 3 is 2.52 bits per heavy atom. The van der Waals surface area contributed by atoms with Crippen molar-refractivity contribution in [2.75, 3.05) is 11.9 Å². The molecule has 2 amide bonds. The van der Waals surface area contributed by atoms with Crippen molar-refractivity contribution in [3.05, 3.63) is 23.8 Å². The largest absolute Gasteiger partial charge is 0.503 e. The molecule has 6 nitrogen and oxygen atoms in total. The highest BCUT2D eigenvalue weighted by atomic mass is 19.2. The standard InChI is InChI=1S/C15H20F2N2O4/c1-4-23-14(21)11(7-8(2)3)19-15(22)18-10-6-5-9(16)12(17)13(10)20/h5-6,8,11,20H,4,7H2,1-3H3,(H2,18,19,22). The van der Waals surface area contributed by atoms with Crippen LogP contribution in [0.25, 0.3) is 0 Å². The van der Waals surface area contributed by atoms with Crippen LogP contribution in [0, 0.1) is 17.6 Å². The van der Waals surface area contributed by atoms with Crippen LogP contribution in [0.1, 0.15) is 27.2 Å². The maximum absolute atomic E-state index is 13.2. The molecule has 128 valence electrons. The summed E-state index contributed by atoms with van der Waals surface area (Å²) < 4.78 is 31.0. The number of hydrogen-bond acceptors (Lipinski definition) is 4. The molecule has 0 aliphatic rings. The number of ether oxygens (including phenoxy) is 1. The van der Waals surface area contributed by atoms with E-state index in [0.29, 0.717) is 6.42 Å². The van der Waals surface area contributed by atoms with Gasteiger partial charge in [-0.15, -0.1) is 0 Å². The van der Waals surface area contributed by atoms with Gasteiger partial charge in [0.05, 0.1) is 12.3 Å². The average Bonchev–Trinajstić information content (AvgIpc) is 2.47. The van der Waals surface area contributed by atoms with Crippen LogP contribution in [-0.2, 0) is 9.53 Å². The van der Waals surface area contributed by atoms with E-state index in [9.17, 15) is 23.5 Å². The number of benzene rings is 1. The highest BCUT2D eigenvalue weighted by Crippen LogP contribution is 2.28. The molecule has 1 aromatic carbocycles. The first-order chi connectivity index (χ1) is 10.8. The summed E-state index contributed by atoms with van der Waals surface area (Å²) in [6.45, 7) is 5.55. The van der Waals surface area contributed by atoms with Crippen LogP contribution in [0.3, 0.4) is 0 Å². The van der Waals surface area contributed by atoms with E-state index in [4.69, 9.17) is 4.74 Å². The Bertz CT molecular complexity index is 579. The SMILES string of the molecule is CCOC(=O)C(CC(C)C)NC(=O)Nc1ccc(F)c(F)c1O. The molecule has 1 rings (SSSR count). The van der Waals surface area contributed by atoms with Gasteiger partial charge in [-0.2, -0.15) is 4.39 Å². The van der Waals surface area contributed by atoms with E-state index >= 15 is 0 Å². The van der Waals surface area contributed by atoms with Crippen molar-refractivity contribution >= 4 is 17.7 Å². The van der Waals surface area contributed by atoms with Crippen LogP contribution < -0.4 is 10.6 Å². The molecule has 1 unspecified atom stereocenters. The van der Waals surface area contributed by atoms with Crippen LogP contribution >= 0.6 is 0 Å². The number of phenolic OH excluding ortho intramolecular Hbond substituents is 1. The van der Waals surface area contributed by atoms with Crippen LogP contribution in [0.15, 0.2) is 12.1 Å². The number of rotatable bonds is 6. The van der Waals surface area contributed by atoms with Crippen molar-refractivity contribution in [1.29, 1.82) is 0 Å². The maximum atomic E-state index is 13.2. The van der Waals surface area contributed by atoms with E-state index in [1.807, 2.05) is 13.8 Å². The van der Waals surface area contributed by atoms with Crippen molar-refractivity contribution in [1.82, 2.24) is 5.32 Å². The lowest BCUT2D eigenvalue weighted by molar-refractivity contribution is -0.145. The summed E-state index contributed by atoms with van der Waals surface area (Å²) in [4.78, 5) is 23.7. The highest BCUT2D eigenvalue weighted by molar-refractivity contribution is 5.93. The van der Waals surface area contributed by atoms with Gasteiger partial charge < -0.3 is 20.5 Å². The first-order valence-electron chi connectivity index (χ1n) is 7.17. The van der Waals surface area contributed by atoms with Crippen molar-refractivity contribution in [3.63, 3.8) is 0 Å². The van der Waals surface area contributed by atoms with Gasteiger partial charge in [0, 0.05) is 0 Å². The number of carbonyl (C=O) groups is 2. The van der Waals surface area contributed by atoms with E-state index < -0.39 is 35.4 Å². The van der Waals surface area contributed by atoms with E-state index in [1.54, 1.807) is 6.92 Å². The van der Waals surface area contributed by atoms with Crippen molar-refractivity contribution in [2.45, 2.75) is 33.2 Å². The second kappa shape index (κ2) is 8.30. The number of aromatic hydroxyl groups is 1. The number of halogens is 2. The number of carbonyl (C=O) groups excluding carboxylic acids is 2. The van der Waals surface area contributed by atoms with Gasteiger partial charge in [-0.1, -0.05) is 13.8 Å². The molecule has 0 spiro atoms. The third-order valence-electron chi connectivity index (χ3n) is 2.90. The summed E-state index contributed by atoms with van der Waals surface area (Å²) in [6, 6.07) is 0.0453. The fourth-order valence-electron chi connectivity index (χ4n) is 1.89. The summed E-state index contributed by atoms with van der Waals surface area (Å²) in [5.74, 6) is -4.20. The van der Waals surface area contributed by atoms with Crippen LogP contribution in [0.5, 0.6) is 5.75 Å². The first kappa shape index (κ1) is 18.7. The molecule has 0 aliphatic heterocycles. The predicted octanol–water partition coefficient (Wildman–Crippen LogP) is 2.77. The lowest BCUT2D eigenvalue weighted by Crippen LogP contribution is -2.44. The van der Waals surface area contributed by atoms with Crippen molar-refractivity contribution in [2.24, 2.45) is 5.92 Å². The smallest absolute Gasteiger partial charge is 0.328 e. The van der Waals surface area contributed by atoms with Crippen LogP contribution in [0.4, 0.5) is 19.3 Å². The number of nitrogens with one attached hydrogen (secondary N) is 2. The number of esters is 1. The summed E-state index contributed by atoms with van der Waals surface area (Å²) in [5, 5.41) is 14.0. The van der Waals surface area contributed by atoms with E-state index in [2.05, 4.69) is 10.6 Å². The lowest BCUT2D eigenvalue weighted by Gasteiger charge is -2.19. The highest BCUT2D eigenvalue weighted by Gasteiger charge is 2.24. The third-order valence-corrected chi connectivity index (χ3v) is 2.90. The molecule has 0 radical (unpaired) electrons. The number of hydrogen-bond donors (Lipinski definition) is 3. The number of phenols is 1. The number of urea groups is 1. The Hall–Kier alpha value is -2.38. The Kier molecular flexibility index (Phi) is 6.74. The molecule has 0 saturated carbocycles. The molecule has 0 heterocycles. The minimum absolute atomic E-state index is 0.112. The maximum Gasteiger partial charge on any atom is 0.328 e. The summed E-state index contributed by atoms with van der Waals surface area (Å²) in [6.07, 6.45) is 0.343. The summed E-state index contributed by atoms with van der Waals surface area (Å²) in [5.41, 5.74) is -0.312. The third kappa shape index (κ3) is 5.39. The molecular weight excluding hydrogens is 310 g/mol. The van der Waals surface area contributed by atoms with Crippen molar-refractivity contribution < 1.29 is 28.2 Å². The summed E-state index contributed by atoms with van der Waals surface area (Å²) in [7, 11) is 0. The topological polar surface area (TPSA) is 87.7 Å².